The number of anilines is 1. The lowest BCUT2D eigenvalue weighted by Gasteiger charge is -2.24. The van der Waals surface area contributed by atoms with E-state index in [0.29, 0.717) is 6.54 Å². The topological polar surface area (TPSA) is 49.4 Å². The number of nitrogens with zero attached hydrogens (tertiary/aromatic N) is 1. The number of hydrogen-bond acceptors (Lipinski definition) is 2. The van der Waals surface area contributed by atoms with Crippen molar-refractivity contribution in [2.24, 2.45) is 0 Å². The van der Waals surface area contributed by atoms with Gasteiger partial charge in [0.2, 0.25) is 11.8 Å². The summed E-state index contributed by atoms with van der Waals surface area (Å²) in [6.07, 6.45) is 8.05. The summed E-state index contributed by atoms with van der Waals surface area (Å²) in [6.45, 7) is 6.15. The van der Waals surface area contributed by atoms with E-state index >= 15 is 0 Å². The summed E-state index contributed by atoms with van der Waals surface area (Å²) >= 11 is 0. The van der Waals surface area contributed by atoms with E-state index in [1.807, 2.05) is 32.0 Å². The van der Waals surface area contributed by atoms with Crippen LogP contribution in [0.5, 0.6) is 0 Å². The Balaban J connectivity index is 1.94. The highest BCUT2D eigenvalue weighted by Gasteiger charge is 2.19. The quantitative estimate of drug-likeness (QED) is 0.810. The van der Waals surface area contributed by atoms with Crippen molar-refractivity contribution >= 4 is 17.5 Å². The number of amides is 2. The predicted molar refractivity (Wildman–Crippen MR) is 98.1 cm³/mol. The highest BCUT2D eigenvalue weighted by Crippen LogP contribution is 2.24. The Bertz CT molecular complexity index is 614. The smallest absolute Gasteiger partial charge is 0.240 e. The van der Waals surface area contributed by atoms with E-state index in [4.69, 9.17) is 0 Å². The van der Waals surface area contributed by atoms with Crippen molar-refractivity contribution in [2.45, 2.75) is 52.9 Å². The fourth-order valence-corrected chi connectivity index (χ4v) is 3.27. The Morgan fingerprint density at radius 1 is 1.17 bits per heavy atom. The van der Waals surface area contributed by atoms with Crippen molar-refractivity contribution in [2.75, 3.05) is 18.0 Å². The van der Waals surface area contributed by atoms with E-state index in [2.05, 4.69) is 11.4 Å². The van der Waals surface area contributed by atoms with Crippen LogP contribution in [-0.4, -0.2) is 24.9 Å². The molecule has 1 aliphatic rings. The molecule has 0 heterocycles. The van der Waals surface area contributed by atoms with Crippen LogP contribution in [0.3, 0.4) is 0 Å². The third kappa shape index (κ3) is 4.95. The van der Waals surface area contributed by atoms with Crippen LogP contribution in [0.4, 0.5) is 5.69 Å². The van der Waals surface area contributed by atoms with Crippen molar-refractivity contribution in [3.05, 3.63) is 41.0 Å². The molecule has 0 bridgehead atoms. The number of aryl methyl sites for hydroxylation is 2. The van der Waals surface area contributed by atoms with Crippen LogP contribution in [0.15, 0.2) is 29.8 Å². The van der Waals surface area contributed by atoms with Gasteiger partial charge in [-0.05, 0) is 57.1 Å². The first kappa shape index (κ1) is 18.2. The summed E-state index contributed by atoms with van der Waals surface area (Å²) in [5.74, 6) is -0.221. The van der Waals surface area contributed by atoms with Gasteiger partial charge in [-0.2, -0.15) is 0 Å². The Kier molecular flexibility index (Phi) is 6.59. The van der Waals surface area contributed by atoms with Crippen LogP contribution in [0.1, 0.15) is 50.2 Å². The first-order chi connectivity index (χ1) is 11.5. The molecule has 0 atom stereocenters. The van der Waals surface area contributed by atoms with Crippen LogP contribution in [-0.2, 0) is 9.59 Å². The number of para-hydroxylation sites is 1. The molecule has 1 N–H and O–H groups in total. The molecule has 1 aromatic rings. The van der Waals surface area contributed by atoms with Gasteiger partial charge in [0, 0.05) is 13.5 Å². The molecule has 1 aromatic carbocycles. The molecular weight excluding hydrogens is 300 g/mol. The summed E-state index contributed by atoms with van der Waals surface area (Å²) in [6, 6.07) is 5.89. The largest absolute Gasteiger partial charge is 0.354 e. The van der Waals surface area contributed by atoms with Crippen molar-refractivity contribution < 1.29 is 9.59 Å². The van der Waals surface area contributed by atoms with Gasteiger partial charge in [-0.25, -0.2) is 0 Å². The van der Waals surface area contributed by atoms with Crippen LogP contribution < -0.4 is 10.2 Å². The van der Waals surface area contributed by atoms with Crippen molar-refractivity contribution in [1.29, 1.82) is 0 Å². The minimum absolute atomic E-state index is 0.0695. The Morgan fingerprint density at radius 2 is 1.88 bits per heavy atom. The molecule has 0 aliphatic heterocycles. The minimum atomic E-state index is -0.113. The summed E-state index contributed by atoms with van der Waals surface area (Å²) in [5, 5.41) is 2.95. The third-order valence-electron chi connectivity index (χ3n) is 4.54. The fourth-order valence-electron chi connectivity index (χ4n) is 3.27. The van der Waals surface area contributed by atoms with Crippen LogP contribution in [0.25, 0.3) is 0 Å². The molecule has 0 aromatic heterocycles. The van der Waals surface area contributed by atoms with E-state index in [0.717, 1.165) is 36.1 Å². The molecule has 2 rings (SSSR count). The first-order valence-corrected chi connectivity index (χ1v) is 8.78. The monoisotopic (exact) mass is 328 g/mol. The number of rotatable bonds is 6. The molecule has 0 fully saturated rings. The zero-order valence-corrected chi connectivity index (χ0v) is 15.0. The van der Waals surface area contributed by atoms with E-state index in [9.17, 15) is 9.59 Å². The average Bonchev–Trinajstić information content (AvgIpc) is 2.54. The summed E-state index contributed by atoms with van der Waals surface area (Å²) < 4.78 is 0. The zero-order valence-electron chi connectivity index (χ0n) is 15.0. The van der Waals surface area contributed by atoms with Gasteiger partial charge < -0.3 is 10.2 Å². The van der Waals surface area contributed by atoms with Crippen molar-refractivity contribution in [3.63, 3.8) is 0 Å². The number of benzene rings is 1. The van der Waals surface area contributed by atoms with Crippen LogP contribution in [0, 0.1) is 13.8 Å². The molecule has 0 radical (unpaired) electrons. The Morgan fingerprint density at radius 3 is 2.46 bits per heavy atom. The second-order valence-electron chi connectivity index (χ2n) is 6.55. The van der Waals surface area contributed by atoms with Crippen LogP contribution in [0.2, 0.25) is 0 Å². The van der Waals surface area contributed by atoms with E-state index in [1.165, 1.54) is 25.3 Å². The lowest BCUT2D eigenvalue weighted by atomic mass is 9.97. The van der Waals surface area contributed by atoms with Gasteiger partial charge in [-0.15, -0.1) is 0 Å². The van der Waals surface area contributed by atoms with Gasteiger partial charge in [0.25, 0.3) is 0 Å². The number of allylic oxidation sites excluding steroid dienone is 1. The maximum Gasteiger partial charge on any atom is 0.240 e. The molecule has 1 aliphatic carbocycles. The summed E-state index contributed by atoms with van der Waals surface area (Å²) in [5.41, 5.74) is 4.30. The Labute approximate surface area is 144 Å². The van der Waals surface area contributed by atoms with Crippen molar-refractivity contribution in [1.82, 2.24) is 5.32 Å². The van der Waals surface area contributed by atoms with Crippen LogP contribution >= 0.6 is 0 Å². The van der Waals surface area contributed by atoms with Gasteiger partial charge in [0.15, 0.2) is 0 Å². The number of hydrogen-bond donors (Lipinski definition) is 1. The number of nitrogens with one attached hydrogen (secondary N) is 1. The lowest BCUT2D eigenvalue weighted by molar-refractivity contribution is -0.123. The van der Waals surface area contributed by atoms with Crippen molar-refractivity contribution in [3.8, 4) is 0 Å². The highest BCUT2D eigenvalue weighted by molar-refractivity contribution is 5.98. The summed E-state index contributed by atoms with van der Waals surface area (Å²) in [4.78, 5) is 25.9. The number of carbonyl (C=O) groups excluding carboxylic acids is 2. The standard InChI is InChI=1S/C20H28N2O2/c1-15-8-7-9-16(2)20(15)22(17(3)23)14-19(24)21-13-12-18-10-5-4-6-11-18/h7-10H,4-6,11-14H2,1-3H3,(H,21,24). The second kappa shape index (κ2) is 8.67. The van der Waals surface area contributed by atoms with Gasteiger partial charge >= 0.3 is 0 Å². The molecule has 2 amide bonds. The molecule has 0 saturated heterocycles. The van der Waals surface area contributed by atoms with Gasteiger partial charge in [0.05, 0.1) is 5.69 Å². The van der Waals surface area contributed by atoms with E-state index in [1.54, 1.807) is 4.90 Å². The third-order valence-corrected chi connectivity index (χ3v) is 4.54. The fraction of sp³-hybridized carbons (Fsp3) is 0.500. The molecule has 130 valence electrons. The second-order valence-corrected chi connectivity index (χ2v) is 6.55. The molecule has 4 nitrogen and oxygen atoms in total. The molecule has 24 heavy (non-hydrogen) atoms. The molecular formula is C20H28N2O2. The zero-order chi connectivity index (χ0) is 17.5. The SMILES string of the molecule is CC(=O)N(CC(=O)NCCC1=CCCCC1)c1c(C)cccc1C. The Hall–Kier alpha value is -2.10. The molecule has 0 unspecified atom stereocenters. The predicted octanol–water partition coefficient (Wildman–Crippen LogP) is 3.66. The van der Waals surface area contributed by atoms with Gasteiger partial charge in [-0.3, -0.25) is 9.59 Å². The average molecular weight is 328 g/mol. The number of carbonyl (C=O) groups is 2. The molecule has 0 spiro atoms. The maximum absolute atomic E-state index is 12.3. The van der Waals surface area contributed by atoms with E-state index < -0.39 is 0 Å². The minimum Gasteiger partial charge on any atom is -0.354 e. The molecule has 4 heteroatoms. The van der Waals surface area contributed by atoms with Gasteiger partial charge in [-0.1, -0.05) is 29.8 Å². The normalized spacial score (nSPS) is 14.0. The summed E-state index contributed by atoms with van der Waals surface area (Å²) in [7, 11) is 0. The van der Waals surface area contributed by atoms with E-state index in [-0.39, 0.29) is 18.4 Å². The molecule has 0 saturated carbocycles. The lowest BCUT2D eigenvalue weighted by Crippen LogP contribution is -2.40. The van der Waals surface area contributed by atoms with Gasteiger partial charge in [0.1, 0.15) is 6.54 Å². The maximum atomic E-state index is 12.3. The highest BCUT2D eigenvalue weighted by atomic mass is 16.2. The first-order valence-electron chi connectivity index (χ1n) is 8.78.